The van der Waals surface area contributed by atoms with Crippen molar-refractivity contribution in [1.29, 1.82) is 0 Å². The quantitative estimate of drug-likeness (QED) is 0.869. The Balaban J connectivity index is 2.46. The summed E-state index contributed by atoms with van der Waals surface area (Å²) in [5.74, 6) is -0.445. The van der Waals surface area contributed by atoms with E-state index in [1.165, 1.54) is 4.90 Å². The minimum atomic E-state index is -0.547. The van der Waals surface area contributed by atoms with Gasteiger partial charge in [-0.05, 0) is 39.1 Å². The van der Waals surface area contributed by atoms with Crippen LogP contribution in [0.4, 0.5) is 0 Å². The van der Waals surface area contributed by atoms with Gasteiger partial charge in [0.1, 0.15) is 0 Å². The van der Waals surface area contributed by atoms with Crippen molar-refractivity contribution in [2.45, 2.75) is 19.4 Å². The van der Waals surface area contributed by atoms with Gasteiger partial charge in [0.15, 0.2) is 0 Å². The van der Waals surface area contributed by atoms with E-state index in [9.17, 15) is 9.59 Å². The van der Waals surface area contributed by atoms with E-state index in [1.54, 1.807) is 25.2 Å². The minimum Gasteiger partial charge on any atom is -0.317 e. The summed E-state index contributed by atoms with van der Waals surface area (Å²) in [5.41, 5.74) is 0.403. The van der Waals surface area contributed by atoms with Gasteiger partial charge >= 0.3 is 0 Å². The molecule has 1 aromatic carbocycles. The van der Waals surface area contributed by atoms with Crippen LogP contribution in [0.15, 0.2) is 22.7 Å². The van der Waals surface area contributed by atoms with Gasteiger partial charge in [-0.15, -0.1) is 0 Å². The van der Waals surface area contributed by atoms with E-state index in [0.29, 0.717) is 17.7 Å². The Hall–Kier alpha value is -1.20. The molecule has 2 rings (SSSR count). The largest absolute Gasteiger partial charge is 0.317 e. The molecule has 0 bridgehead atoms. The summed E-state index contributed by atoms with van der Waals surface area (Å²) in [5, 5.41) is 3.01. The molecule has 1 aromatic rings. The molecule has 0 saturated carbocycles. The summed E-state index contributed by atoms with van der Waals surface area (Å²) in [6, 6.07) is 5.17. The van der Waals surface area contributed by atoms with Crippen LogP contribution in [0.25, 0.3) is 0 Å². The predicted octanol–water partition coefficient (Wildman–Crippen LogP) is 2.04. The maximum absolute atomic E-state index is 12.3. The molecule has 0 atom stereocenters. The van der Waals surface area contributed by atoms with Gasteiger partial charge in [-0.1, -0.05) is 15.9 Å². The summed E-state index contributed by atoms with van der Waals surface area (Å²) >= 11 is 3.32. The number of carbonyl (C=O) groups excluding carboxylic acids is 2. The average molecular weight is 311 g/mol. The van der Waals surface area contributed by atoms with Crippen molar-refractivity contribution in [3.8, 4) is 0 Å². The number of carbonyl (C=O) groups is 2. The lowest BCUT2D eigenvalue weighted by Gasteiger charge is -2.33. The molecule has 0 aromatic heterocycles. The maximum atomic E-state index is 12.3. The molecule has 0 spiro atoms. The second-order valence-electron chi connectivity index (χ2n) is 4.98. The standard InChI is InChI=1S/C13H15BrN2O2/c1-13(2,7-15-3)16-11(17)9-5-4-8(14)6-10(9)12(16)18/h4-6,15H,7H2,1-3H3. The minimum absolute atomic E-state index is 0.220. The number of rotatable bonds is 3. The van der Waals surface area contributed by atoms with E-state index in [-0.39, 0.29) is 11.8 Å². The molecule has 5 heteroatoms. The van der Waals surface area contributed by atoms with Crippen LogP contribution in [-0.4, -0.2) is 35.8 Å². The number of nitrogens with zero attached hydrogens (tertiary/aromatic N) is 1. The summed E-state index contributed by atoms with van der Waals surface area (Å²) in [4.78, 5) is 26.0. The molecule has 0 radical (unpaired) electrons. The topological polar surface area (TPSA) is 49.4 Å². The Bertz CT molecular complexity index is 526. The Morgan fingerprint density at radius 2 is 1.83 bits per heavy atom. The molecule has 1 aliphatic heterocycles. The number of amides is 2. The number of nitrogens with one attached hydrogen (secondary N) is 1. The van der Waals surface area contributed by atoms with E-state index in [4.69, 9.17) is 0 Å². The highest BCUT2D eigenvalue weighted by molar-refractivity contribution is 9.10. The molecular formula is C13H15BrN2O2. The number of fused-ring (bicyclic) bond motifs is 1. The van der Waals surface area contributed by atoms with Crippen LogP contribution in [0.3, 0.4) is 0 Å². The van der Waals surface area contributed by atoms with E-state index < -0.39 is 5.54 Å². The first-order chi connectivity index (χ1) is 8.38. The number of hydrogen-bond acceptors (Lipinski definition) is 3. The zero-order chi connectivity index (χ0) is 13.5. The Morgan fingerprint density at radius 1 is 1.22 bits per heavy atom. The highest BCUT2D eigenvalue weighted by Crippen LogP contribution is 2.30. The zero-order valence-corrected chi connectivity index (χ0v) is 12.2. The first-order valence-electron chi connectivity index (χ1n) is 5.71. The second-order valence-corrected chi connectivity index (χ2v) is 5.89. The normalized spacial score (nSPS) is 15.2. The van der Waals surface area contributed by atoms with Crippen molar-refractivity contribution in [2.75, 3.05) is 13.6 Å². The Kier molecular flexibility index (Phi) is 3.29. The summed E-state index contributed by atoms with van der Waals surface area (Å²) in [6.45, 7) is 4.31. The van der Waals surface area contributed by atoms with Gasteiger partial charge in [-0.3, -0.25) is 14.5 Å². The Labute approximate surface area is 114 Å². The van der Waals surface area contributed by atoms with Crippen LogP contribution >= 0.6 is 15.9 Å². The van der Waals surface area contributed by atoms with Crippen LogP contribution in [0, 0.1) is 0 Å². The smallest absolute Gasteiger partial charge is 0.262 e. The Morgan fingerprint density at radius 3 is 2.44 bits per heavy atom. The summed E-state index contributed by atoms with van der Waals surface area (Å²) < 4.78 is 0.802. The van der Waals surface area contributed by atoms with Crippen LogP contribution in [-0.2, 0) is 0 Å². The molecule has 0 aliphatic carbocycles. The van der Waals surface area contributed by atoms with Crippen LogP contribution in [0.1, 0.15) is 34.6 Å². The zero-order valence-electron chi connectivity index (χ0n) is 10.6. The van der Waals surface area contributed by atoms with E-state index in [1.807, 2.05) is 13.8 Å². The van der Waals surface area contributed by atoms with Gasteiger partial charge in [0, 0.05) is 11.0 Å². The molecule has 96 valence electrons. The van der Waals surface area contributed by atoms with Crippen molar-refractivity contribution in [2.24, 2.45) is 0 Å². The molecule has 0 saturated heterocycles. The molecule has 0 fully saturated rings. The predicted molar refractivity (Wildman–Crippen MR) is 72.6 cm³/mol. The fraction of sp³-hybridized carbons (Fsp3) is 0.385. The third kappa shape index (κ3) is 1.97. The van der Waals surface area contributed by atoms with Crippen molar-refractivity contribution in [3.05, 3.63) is 33.8 Å². The maximum Gasteiger partial charge on any atom is 0.262 e. The fourth-order valence-corrected chi connectivity index (χ4v) is 2.64. The van der Waals surface area contributed by atoms with Crippen molar-refractivity contribution in [1.82, 2.24) is 10.2 Å². The lowest BCUT2D eigenvalue weighted by atomic mass is 10.0. The SMILES string of the molecule is CNCC(C)(C)N1C(=O)c2ccc(Br)cc2C1=O. The number of imide groups is 1. The van der Waals surface area contributed by atoms with Crippen LogP contribution in [0.2, 0.25) is 0 Å². The lowest BCUT2D eigenvalue weighted by Crippen LogP contribution is -2.52. The lowest BCUT2D eigenvalue weighted by molar-refractivity contribution is 0.0483. The molecule has 1 N–H and O–H groups in total. The molecule has 2 amide bonds. The first kappa shape index (κ1) is 13.2. The van der Waals surface area contributed by atoms with Crippen molar-refractivity contribution in [3.63, 3.8) is 0 Å². The molecular weight excluding hydrogens is 296 g/mol. The van der Waals surface area contributed by atoms with Crippen LogP contribution in [0.5, 0.6) is 0 Å². The fourth-order valence-electron chi connectivity index (χ4n) is 2.27. The van der Waals surface area contributed by atoms with Gasteiger partial charge in [0.2, 0.25) is 0 Å². The van der Waals surface area contributed by atoms with Crippen molar-refractivity contribution >= 4 is 27.7 Å². The monoisotopic (exact) mass is 310 g/mol. The third-order valence-electron chi connectivity index (χ3n) is 3.06. The number of benzene rings is 1. The molecule has 4 nitrogen and oxygen atoms in total. The molecule has 0 unspecified atom stereocenters. The molecule has 1 heterocycles. The van der Waals surface area contributed by atoms with Gasteiger partial charge in [-0.25, -0.2) is 0 Å². The number of likely N-dealkylation sites (N-methyl/N-ethyl adjacent to an activating group) is 1. The third-order valence-corrected chi connectivity index (χ3v) is 3.56. The second kappa shape index (κ2) is 4.48. The van der Waals surface area contributed by atoms with Gasteiger partial charge in [0.05, 0.1) is 16.7 Å². The highest BCUT2D eigenvalue weighted by Gasteiger charge is 2.43. The highest BCUT2D eigenvalue weighted by atomic mass is 79.9. The summed E-state index contributed by atoms with van der Waals surface area (Å²) in [7, 11) is 1.80. The number of hydrogen-bond donors (Lipinski definition) is 1. The molecule has 1 aliphatic rings. The van der Waals surface area contributed by atoms with E-state index in [2.05, 4.69) is 21.2 Å². The van der Waals surface area contributed by atoms with Crippen LogP contribution < -0.4 is 5.32 Å². The van der Waals surface area contributed by atoms with Gasteiger partial charge in [-0.2, -0.15) is 0 Å². The first-order valence-corrected chi connectivity index (χ1v) is 6.51. The average Bonchev–Trinajstić information content (AvgIpc) is 2.51. The number of halogens is 1. The molecule has 18 heavy (non-hydrogen) atoms. The van der Waals surface area contributed by atoms with E-state index in [0.717, 1.165) is 4.47 Å². The van der Waals surface area contributed by atoms with Crippen molar-refractivity contribution < 1.29 is 9.59 Å². The summed E-state index contributed by atoms with van der Waals surface area (Å²) in [6.07, 6.45) is 0. The van der Waals surface area contributed by atoms with E-state index >= 15 is 0 Å². The van der Waals surface area contributed by atoms with Gasteiger partial charge in [0.25, 0.3) is 11.8 Å². The van der Waals surface area contributed by atoms with Gasteiger partial charge < -0.3 is 5.32 Å².